The van der Waals surface area contributed by atoms with Gasteiger partial charge in [0, 0.05) is 6.29 Å². The molecule has 0 saturated carbocycles. The van der Waals surface area contributed by atoms with Gasteiger partial charge in [0.15, 0.2) is 5.78 Å². The van der Waals surface area contributed by atoms with E-state index in [9.17, 15) is 4.79 Å². The highest BCUT2D eigenvalue weighted by Crippen LogP contribution is 2.04. The van der Waals surface area contributed by atoms with Crippen LogP contribution in [0, 0.1) is 0 Å². The molecule has 0 fully saturated rings. The Balaban J connectivity index is 3.66. The maximum Gasteiger partial charge on any atom is 0.171 e. The van der Waals surface area contributed by atoms with Crippen LogP contribution in [0.2, 0.25) is 0 Å². The average molecular weight is 173 g/mol. The van der Waals surface area contributed by atoms with E-state index in [4.69, 9.17) is 0 Å². The predicted octanol–water partition coefficient (Wildman–Crippen LogP) is 1.33. The molecule has 64 valence electrons. The van der Waals surface area contributed by atoms with Gasteiger partial charge in [0.25, 0.3) is 0 Å². The first-order valence-electron chi connectivity index (χ1n) is 3.59. The van der Waals surface area contributed by atoms with E-state index >= 15 is 0 Å². The predicted molar refractivity (Wildman–Crippen MR) is 51.6 cm³/mol. The van der Waals surface area contributed by atoms with Crippen LogP contribution >= 0.6 is 8.58 Å². The van der Waals surface area contributed by atoms with E-state index in [0.717, 1.165) is 14.9 Å². The third-order valence-electron chi connectivity index (χ3n) is 1.32. The molecule has 0 aromatic heterocycles. The highest BCUT2D eigenvalue weighted by Gasteiger charge is 2.04. The molecule has 0 aromatic rings. The van der Waals surface area contributed by atoms with Crippen molar-refractivity contribution in [2.24, 2.45) is 0 Å². The van der Waals surface area contributed by atoms with Gasteiger partial charge in [-0.05, 0) is 26.2 Å². The Morgan fingerprint density at radius 1 is 1.64 bits per heavy atom. The number of Topliss-reactive ketones (excluding diaryl/α,β-unsaturated/α-hetero) is 1. The lowest BCUT2D eigenvalue weighted by molar-refractivity contribution is -0.116. The molecular formula is C8H16NOP. The number of rotatable bonds is 5. The zero-order valence-corrected chi connectivity index (χ0v) is 8.48. The summed E-state index contributed by atoms with van der Waals surface area (Å²) in [7, 11) is 2.83. The van der Waals surface area contributed by atoms with Gasteiger partial charge < -0.3 is 0 Å². The molecule has 0 heterocycles. The van der Waals surface area contributed by atoms with Crippen molar-refractivity contribution in [3.8, 4) is 0 Å². The second-order valence-corrected chi connectivity index (χ2v) is 3.75. The molecule has 0 aromatic carbocycles. The molecule has 1 atom stereocenters. The van der Waals surface area contributed by atoms with Crippen LogP contribution in [0.1, 0.15) is 6.92 Å². The van der Waals surface area contributed by atoms with Gasteiger partial charge in [-0.25, -0.2) is 0 Å². The summed E-state index contributed by atoms with van der Waals surface area (Å²) in [5.41, 5.74) is 0.649. The molecule has 0 aliphatic rings. The molecule has 0 amide bonds. The molecular weight excluding hydrogens is 157 g/mol. The monoisotopic (exact) mass is 173 g/mol. The fraction of sp³-hybridized carbons (Fsp3) is 0.625. The molecule has 0 aliphatic heterocycles. The van der Waals surface area contributed by atoms with Gasteiger partial charge in [-0.1, -0.05) is 6.58 Å². The zero-order valence-electron chi connectivity index (χ0n) is 7.48. The Morgan fingerprint density at radius 3 is 2.55 bits per heavy atom. The van der Waals surface area contributed by atoms with Crippen molar-refractivity contribution in [2.45, 2.75) is 6.92 Å². The number of hydrogen-bond acceptors (Lipinski definition) is 2. The summed E-state index contributed by atoms with van der Waals surface area (Å²) in [6.45, 7) is 7.99. The summed E-state index contributed by atoms with van der Waals surface area (Å²) in [5.74, 6) is 0.144. The van der Waals surface area contributed by atoms with Gasteiger partial charge in [0.2, 0.25) is 0 Å². The summed E-state index contributed by atoms with van der Waals surface area (Å²) >= 11 is 0. The zero-order chi connectivity index (χ0) is 8.85. The number of likely N-dealkylation sites (N-methyl/N-ethyl adjacent to an activating group) is 1. The maximum atomic E-state index is 11.1. The number of nitrogens with zero attached hydrogens (tertiary/aromatic N) is 1. The van der Waals surface area contributed by atoms with Crippen LogP contribution in [0.25, 0.3) is 0 Å². The third kappa shape index (κ3) is 5.11. The van der Waals surface area contributed by atoms with Crippen molar-refractivity contribution >= 4 is 14.4 Å². The van der Waals surface area contributed by atoms with Crippen molar-refractivity contribution in [3.05, 3.63) is 12.2 Å². The smallest absolute Gasteiger partial charge is 0.171 e. The van der Waals surface area contributed by atoms with E-state index < -0.39 is 0 Å². The normalized spacial score (nSPS) is 11.3. The topological polar surface area (TPSA) is 20.3 Å². The fourth-order valence-electron chi connectivity index (χ4n) is 0.706. The number of carbonyl (C=O) groups excluding carboxylic acids is 1. The molecule has 0 radical (unpaired) electrons. The molecule has 0 aliphatic carbocycles. The number of hydrogen-bond donors (Lipinski definition) is 0. The average Bonchev–Trinajstić information content (AvgIpc) is 1.87. The fourth-order valence-corrected chi connectivity index (χ4v) is 1.36. The highest BCUT2D eigenvalue weighted by atomic mass is 31.1. The first-order chi connectivity index (χ1) is 5.07. The van der Waals surface area contributed by atoms with Crippen molar-refractivity contribution in [2.75, 3.05) is 26.5 Å². The van der Waals surface area contributed by atoms with Crippen molar-refractivity contribution < 1.29 is 4.79 Å². The van der Waals surface area contributed by atoms with E-state index in [0.29, 0.717) is 12.1 Å². The first-order valence-corrected chi connectivity index (χ1v) is 5.30. The quantitative estimate of drug-likeness (QED) is 0.461. The molecule has 3 heteroatoms. The van der Waals surface area contributed by atoms with Crippen molar-refractivity contribution in [1.82, 2.24) is 4.90 Å². The summed E-state index contributed by atoms with van der Waals surface area (Å²) in [4.78, 5) is 13.1. The van der Waals surface area contributed by atoms with Gasteiger partial charge in [-0.2, -0.15) is 0 Å². The lowest BCUT2D eigenvalue weighted by atomic mass is 10.2. The van der Waals surface area contributed by atoms with Crippen LogP contribution in [-0.2, 0) is 4.79 Å². The van der Waals surface area contributed by atoms with Crippen LogP contribution < -0.4 is 0 Å². The third-order valence-corrected chi connectivity index (χ3v) is 2.17. The second-order valence-electron chi connectivity index (χ2n) is 2.73. The minimum absolute atomic E-state index is 0.144. The summed E-state index contributed by atoms with van der Waals surface area (Å²) < 4.78 is 0. The second kappa shape index (κ2) is 5.45. The summed E-state index contributed by atoms with van der Waals surface area (Å²) in [6, 6.07) is 0. The molecule has 0 saturated heterocycles. The molecule has 0 spiro atoms. The number of carbonyl (C=O) groups is 1. The van der Waals surface area contributed by atoms with Crippen molar-refractivity contribution in [3.63, 3.8) is 0 Å². The summed E-state index contributed by atoms with van der Waals surface area (Å²) in [6.07, 6.45) is 0.999. The first kappa shape index (κ1) is 10.8. The molecule has 0 bridgehead atoms. The van der Waals surface area contributed by atoms with Crippen LogP contribution in [0.4, 0.5) is 0 Å². The molecule has 0 N–H and O–H groups in total. The van der Waals surface area contributed by atoms with E-state index in [1.165, 1.54) is 0 Å². The minimum atomic E-state index is 0.144. The van der Waals surface area contributed by atoms with E-state index in [-0.39, 0.29) is 5.78 Å². The Kier molecular flexibility index (Phi) is 5.35. The van der Waals surface area contributed by atoms with Crippen LogP contribution in [-0.4, -0.2) is 37.2 Å². The van der Waals surface area contributed by atoms with Gasteiger partial charge >= 0.3 is 0 Å². The lowest BCUT2D eigenvalue weighted by Gasteiger charge is -2.13. The standard InChI is InChI=1S/C8H16NOP/c1-7(2)8(10)5-9(3)6-11-4/h11H,1,5-6H2,2-4H3. The van der Waals surface area contributed by atoms with E-state index in [1.807, 2.05) is 11.9 Å². The van der Waals surface area contributed by atoms with Gasteiger partial charge in [-0.15, -0.1) is 8.58 Å². The van der Waals surface area contributed by atoms with Crippen LogP contribution in [0.3, 0.4) is 0 Å². The minimum Gasteiger partial charge on any atom is -0.295 e. The summed E-state index contributed by atoms with van der Waals surface area (Å²) in [5, 5.41) is 0. The van der Waals surface area contributed by atoms with Crippen molar-refractivity contribution in [1.29, 1.82) is 0 Å². The molecule has 11 heavy (non-hydrogen) atoms. The molecule has 0 rings (SSSR count). The Morgan fingerprint density at radius 2 is 2.18 bits per heavy atom. The van der Waals surface area contributed by atoms with Crippen LogP contribution in [0.5, 0.6) is 0 Å². The number of ketones is 1. The largest absolute Gasteiger partial charge is 0.295 e. The van der Waals surface area contributed by atoms with E-state index in [2.05, 4.69) is 13.2 Å². The Labute approximate surface area is 70.4 Å². The van der Waals surface area contributed by atoms with E-state index in [1.54, 1.807) is 6.92 Å². The molecule has 1 unspecified atom stereocenters. The van der Waals surface area contributed by atoms with Gasteiger partial charge in [0.1, 0.15) is 0 Å². The van der Waals surface area contributed by atoms with Gasteiger partial charge in [0.05, 0.1) is 6.54 Å². The Hall–Kier alpha value is -0.200. The molecule has 2 nitrogen and oxygen atoms in total. The van der Waals surface area contributed by atoms with Gasteiger partial charge in [-0.3, -0.25) is 9.69 Å². The Bertz CT molecular complexity index is 156. The maximum absolute atomic E-state index is 11.1. The highest BCUT2D eigenvalue weighted by molar-refractivity contribution is 7.36. The van der Waals surface area contributed by atoms with Crippen LogP contribution in [0.15, 0.2) is 12.2 Å². The lowest BCUT2D eigenvalue weighted by Crippen LogP contribution is -2.25. The SMILES string of the molecule is C=C(C)C(=O)CN(C)CPC.